The number of anilines is 1. The summed E-state index contributed by atoms with van der Waals surface area (Å²) in [7, 11) is 0. The van der Waals surface area contributed by atoms with E-state index in [0.717, 1.165) is 19.3 Å². The Morgan fingerprint density at radius 3 is 1.98 bits per heavy atom. The van der Waals surface area contributed by atoms with Crippen molar-refractivity contribution in [2.45, 2.75) is 63.8 Å². The summed E-state index contributed by atoms with van der Waals surface area (Å²) in [4.78, 5) is 2.67. The van der Waals surface area contributed by atoms with Crippen molar-refractivity contribution in [3.8, 4) is 16.8 Å². The van der Waals surface area contributed by atoms with Crippen LogP contribution in [0.5, 0.6) is 0 Å². The van der Waals surface area contributed by atoms with Gasteiger partial charge in [0.05, 0.1) is 17.1 Å². The summed E-state index contributed by atoms with van der Waals surface area (Å²) in [6.07, 6.45) is 22.7. The summed E-state index contributed by atoms with van der Waals surface area (Å²) in [6.45, 7) is 0. The van der Waals surface area contributed by atoms with Crippen LogP contribution >= 0.6 is 0 Å². The zero-order valence-electron chi connectivity index (χ0n) is 28.8. The Labute approximate surface area is 296 Å². The van der Waals surface area contributed by atoms with Gasteiger partial charge >= 0.3 is 0 Å². The van der Waals surface area contributed by atoms with E-state index in [0.29, 0.717) is 6.04 Å². The molecule has 3 aliphatic carbocycles. The molecule has 0 radical (unpaired) electrons. The lowest BCUT2D eigenvalue weighted by Crippen LogP contribution is -2.34. The van der Waals surface area contributed by atoms with E-state index in [1.165, 1.54) is 111 Å². The summed E-state index contributed by atoms with van der Waals surface area (Å²) >= 11 is 0. The molecule has 1 unspecified atom stereocenters. The van der Waals surface area contributed by atoms with Crippen LogP contribution in [0, 0.1) is 0 Å². The Bertz CT molecular complexity index is 2280. The molecule has 0 bridgehead atoms. The molecule has 1 atom stereocenters. The van der Waals surface area contributed by atoms with Crippen LogP contribution in [0.15, 0.2) is 157 Å². The molecule has 246 valence electrons. The molecule has 0 amide bonds. The summed E-state index contributed by atoms with van der Waals surface area (Å²) in [5.41, 5.74) is 14.6. The molecular formula is C48H44N2. The van der Waals surface area contributed by atoms with Crippen LogP contribution in [0.4, 0.5) is 5.69 Å². The number of para-hydroxylation sites is 1. The van der Waals surface area contributed by atoms with E-state index in [9.17, 15) is 0 Å². The summed E-state index contributed by atoms with van der Waals surface area (Å²) < 4.78 is 2.48. The van der Waals surface area contributed by atoms with Gasteiger partial charge in [-0.1, -0.05) is 115 Å². The normalized spacial score (nSPS) is 17.8. The second kappa shape index (κ2) is 13.5. The van der Waals surface area contributed by atoms with Gasteiger partial charge in [-0.15, -0.1) is 0 Å². The minimum Gasteiger partial charge on any atom is -0.338 e. The third-order valence-electron chi connectivity index (χ3n) is 11.1. The van der Waals surface area contributed by atoms with Gasteiger partial charge in [0.2, 0.25) is 0 Å². The SMILES string of the molecule is C1=CC(N(C2=CCCCC2)c2ccc3c4cc(C5=CC=C(c6ccc(-c7ccccc7)cc6)CC5)ccc4n(-c4ccccc4)c3c2)CCC1. The first-order valence-electron chi connectivity index (χ1n) is 18.6. The predicted octanol–water partition coefficient (Wildman–Crippen LogP) is 13.1. The Kier molecular flexibility index (Phi) is 8.30. The van der Waals surface area contributed by atoms with Gasteiger partial charge in [-0.25, -0.2) is 0 Å². The maximum atomic E-state index is 2.67. The molecular weight excluding hydrogens is 605 g/mol. The molecule has 5 aromatic carbocycles. The highest BCUT2D eigenvalue weighted by Gasteiger charge is 2.24. The quantitative estimate of drug-likeness (QED) is 0.156. The number of benzene rings is 5. The van der Waals surface area contributed by atoms with Gasteiger partial charge in [0, 0.05) is 27.8 Å². The number of hydrogen-bond acceptors (Lipinski definition) is 1. The van der Waals surface area contributed by atoms with E-state index in [1.54, 1.807) is 0 Å². The highest BCUT2D eigenvalue weighted by atomic mass is 15.2. The third-order valence-corrected chi connectivity index (χ3v) is 11.1. The van der Waals surface area contributed by atoms with E-state index < -0.39 is 0 Å². The van der Waals surface area contributed by atoms with Crippen molar-refractivity contribution in [3.05, 3.63) is 169 Å². The second-order valence-corrected chi connectivity index (χ2v) is 14.2. The van der Waals surface area contributed by atoms with Crippen molar-refractivity contribution in [1.29, 1.82) is 0 Å². The fraction of sp³-hybridized carbons (Fsp3) is 0.208. The van der Waals surface area contributed by atoms with E-state index in [-0.39, 0.29) is 0 Å². The topological polar surface area (TPSA) is 8.17 Å². The third kappa shape index (κ3) is 5.83. The molecule has 1 heterocycles. The van der Waals surface area contributed by atoms with Crippen LogP contribution in [0.25, 0.3) is 49.8 Å². The minimum atomic E-state index is 0.421. The lowest BCUT2D eigenvalue weighted by atomic mass is 9.89. The van der Waals surface area contributed by atoms with Crippen molar-refractivity contribution in [2.75, 3.05) is 4.90 Å². The molecule has 0 aliphatic heterocycles. The van der Waals surface area contributed by atoms with Crippen LogP contribution in [0.2, 0.25) is 0 Å². The highest BCUT2D eigenvalue weighted by Crippen LogP contribution is 2.40. The first-order valence-corrected chi connectivity index (χ1v) is 18.6. The Morgan fingerprint density at radius 1 is 0.540 bits per heavy atom. The first-order chi connectivity index (χ1) is 24.8. The molecule has 0 saturated heterocycles. The summed E-state index contributed by atoms with van der Waals surface area (Å²) in [5.74, 6) is 0. The molecule has 9 rings (SSSR count). The molecule has 0 N–H and O–H groups in total. The van der Waals surface area contributed by atoms with Crippen LogP contribution in [-0.2, 0) is 0 Å². The molecule has 0 saturated carbocycles. The van der Waals surface area contributed by atoms with Gasteiger partial charge in [0.1, 0.15) is 0 Å². The fourth-order valence-electron chi connectivity index (χ4n) is 8.46. The molecule has 1 aromatic heterocycles. The second-order valence-electron chi connectivity index (χ2n) is 14.2. The van der Waals surface area contributed by atoms with Crippen LogP contribution in [0.3, 0.4) is 0 Å². The molecule has 50 heavy (non-hydrogen) atoms. The zero-order chi connectivity index (χ0) is 33.3. The van der Waals surface area contributed by atoms with Gasteiger partial charge in [0.15, 0.2) is 0 Å². The number of hydrogen-bond donors (Lipinski definition) is 0. The molecule has 2 heteroatoms. The van der Waals surface area contributed by atoms with Gasteiger partial charge < -0.3 is 9.47 Å². The molecule has 0 fully saturated rings. The van der Waals surface area contributed by atoms with Gasteiger partial charge in [-0.2, -0.15) is 0 Å². The Hall–Kier alpha value is -5.34. The van der Waals surface area contributed by atoms with Crippen molar-refractivity contribution < 1.29 is 0 Å². The number of aromatic nitrogens is 1. The Balaban J connectivity index is 1.10. The largest absolute Gasteiger partial charge is 0.338 e. The minimum absolute atomic E-state index is 0.421. The monoisotopic (exact) mass is 648 g/mol. The summed E-state index contributed by atoms with van der Waals surface area (Å²) in [5, 5.41) is 2.64. The lowest BCUT2D eigenvalue weighted by Gasteiger charge is -2.37. The van der Waals surface area contributed by atoms with Crippen molar-refractivity contribution in [3.63, 3.8) is 0 Å². The number of allylic oxidation sites excluding steroid dienone is 7. The Morgan fingerprint density at radius 2 is 1.26 bits per heavy atom. The first kappa shape index (κ1) is 30.7. The molecule has 2 nitrogen and oxygen atoms in total. The average molecular weight is 649 g/mol. The van der Waals surface area contributed by atoms with Gasteiger partial charge in [-0.05, 0) is 128 Å². The average Bonchev–Trinajstić information content (AvgIpc) is 3.53. The smallest absolute Gasteiger partial charge is 0.0561 e. The number of rotatable bonds is 7. The lowest BCUT2D eigenvalue weighted by molar-refractivity contribution is 0.587. The number of fused-ring (bicyclic) bond motifs is 3. The molecule has 6 aromatic rings. The van der Waals surface area contributed by atoms with Gasteiger partial charge in [-0.3, -0.25) is 0 Å². The maximum Gasteiger partial charge on any atom is 0.0561 e. The molecule has 0 spiro atoms. The fourth-order valence-corrected chi connectivity index (χ4v) is 8.46. The van der Waals surface area contributed by atoms with Crippen LogP contribution in [0.1, 0.15) is 68.9 Å². The van der Waals surface area contributed by atoms with E-state index in [2.05, 4.69) is 161 Å². The van der Waals surface area contributed by atoms with E-state index in [4.69, 9.17) is 0 Å². The number of nitrogens with zero attached hydrogens (tertiary/aromatic N) is 2. The van der Waals surface area contributed by atoms with Crippen molar-refractivity contribution in [1.82, 2.24) is 4.57 Å². The predicted molar refractivity (Wildman–Crippen MR) is 214 cm³/mol. The van der Waals surface area contributed by atoms with Gasteiger partial charge in [0.25, 0.3) is 0 Å². The van der Waals surface area contributed by atoms with Crippen molar-refractivity contribution in [2.24, 2.45) is 0 Å². The molecule has 3 aliphatic rings. The zero-order valence-corrected chi connectivity index (χ0v) is 28.8. The standard InChI is InChI=1S/C48H44N2/c1-5-13-35(14-6-1)36-21-23-37(24-22-36)38-25-27-39(28-26-38)40-29-32-47-46(33-40)45-31-30-44(34-48(45)50(47)43-19-11-4-12-20-43)49(41-15-7-2-8-16-41)42-17-9-3-10-18-42/h1,4-7,11-15,17,19-25,27,29-34,41H,2-3,8-10,16,18,26,28H2. The van der Waals surface area contributed by atoms with Crippen LogP contribution < -0.4 is 4.90 Å². The highest BCUT2D eigenvalue weighted by molar-refractivity contribution is 6.11. The maximum absolute atomic E-state index is 2.67. The summed E-state index contributed by atoms with van der Waals surface area (Å²) in [6, 6.07) is 45.4. The van der Waals surface area contributed by atoms with E-state index in [1.807, 2.05) is 0 Å². The van der Waals surface area contributed by atoms with E-state index >= 15 is 0 Å². The van der Waals surface area contributed by atoms with Crippen LogP contribution in [-0.4, -0.2) is 10.6 Å². The van der Waals surface area contributed by atoms with Crippen molar-refractivity contribution >= 4 is 38.6 Å².